The van der Waals surface area contributed by atoms with Gasteiger partial charge in [0.05, 0.1) is 26.4 Å². The molecule has 0 bridgehead atoms. The van der Waals surface area contributed by atoms with E-state index in [9.17, 15) is 43.2 Å². The molecule has 0 aliphatic heterocycles. The first kappa shape index (κ1) is 100.0. The first-order valence-corrected chi connectivity index (χ1v) is 44.5. The third-order valence-electron chi connectivity index (χ3n) is 17.5. The molecule has 0 fully saturated rings. The van der Waals surface area contributed by atoms with E-state index in [1.54, 1.807) is 0 Å². The van der Waals surface area contributed by atoms with Gasteiger partial charge in [0.25, 0.3) is 0 Å². The zero-order valence-electron chi connectivity index (χ0n) is 65.9. The first-order valence-electron chi connectivity index (χ1n) is 41.5. The SMILES string of the molecule is CC/C=C\C/C=C\C/C=C\C/C=C\CCCCCCCCC(=O)OCC(COP(=O)(O)OCC(O)COP(=O)(O)OCC(COC(=O)CCCCCCC/C=C\C/C=C\C/C=C\CC)OC(=O)CCCCCCCCCCCCCCCCC)OC(=O)CCCCCCC/C=C\CCCCCCCC. The maximum atomic E-state index is 13.1. The summed E-state index contributed by atoms with van der Waals surface area (Å²) in [5, 5.41) is 10.7. The second-order valence-electron chi connectivity index (χ2n) is 27.7. The van der Waals surface area contributed by atoms with Crippen molar-refractivity contribution in [3.63, 3.8) is 0 Å². The Hall–Kier alpha value is -4.02. The van der Waals surface area contributed by atoms with Gasteiger partial charge < -0.3 is 33.8 Å². The number of carbonyl (C=O) groups is 4. The van der Waals surface area contributed by atoms with Gasteiger partial charge in [0.15, 0.2) is 12.2 Å². The fourth-order valence-corrected chi connectivity index (χ4v) is 12.9. The minimum atomic E-state index is -4.98. The highest BCUT2D eigenvalue weighted by atomic mass is 31.2. The predicted octanol–water partition coefficient (Wildman–Crippen LogP) is 24.3. The number of ether oxygens (including phenoxy) is 4. The van der Waals surface area contributed by atoms with Crippen LogP contribution in [0.1, 0.15) is 362 Å². The number of aliphatic hydroxyl groups is 1. The molecule has 0 aliphatic carbocycles. The van der Waals surface area contributed by atoms with Crippen LogP contribution < -0.4 is 0 Å². The van der Waals surface area contributed by atoms with E-state index in [0.29, 0.717) is 25.7 Å². The van der Waals surface area contributed by atoms with Crippen LogP contribution in [0.4, 0.5) is 0 Å². The molecule has 3 N–H and O–H groups in total. The molecule has 602 valence electrons. The number of aliphatic hydroxyl groups excluding tert-OH is 1. The smallest absolute Gasteiger partial charge is 0.462 e. The standard InChI is InChI=1S/C85H150O17P2/c1-5-9-13-17-21-25-29-33-37-38-39-40-44-46-50-54-58-62-66-70-83(88)96-76-81(102-85(90)72-68-64-60-56-52-48-43-36-32-28-24-20-16-12-8-4)78-100-104(93,94)98-74-79(86)73-97-103(91,92)99-77-80(101-84(89)71-67-63-59-55-51-47-42-35-31-27-23-19-15-11-7-3)75-95-82(87)69-65-61-57-53-49-45-41-34-30-26-22-18-14-10-6-2/h9-10,13-14,21-22,25-26,33-34,36-37,39-41,43,79-81,86H,5-8,11-12,15-20,23-24,27-32,35,38,42,44-78H2,1-4H3,(H,91,92)(H,93,94)/b13-9-,14-10-,25-21-,26-22-,37-33-,40-39-,41-34-,43-36-. The molecular formula is C85H150O17P2. The van der Waals surface area contributed by atoms with Crippen LogP contribution in [0.3, 0.4) is 0 Å². The number of esters is 4. The average Bonchev–Trinajstić information content (AvgIpc) is 0.918. The van der Waals surface area contributed by atoms with E-state index in [2.05, 4.69) is 125 Å². The topological polar surface area (TPSA) is 237 Å². The molecule has 5 unspecified atom stereocenters. The van der Waals surface area contributed by atoms with Gasteiger partial charge in [0, 0.05) is 25.7 Å². The third-order valence-corrected chi connectivity index (χ3v) is 19.4. The number of phosphoric ester groups is 2. The molecule has 0 aliphatic rings. The van der Waals surface area contributed by atoms with Crippen LogP contribution in [0.5, 0.6) is 0 Å². The Morgan fingerprint density at radius 3 is 0.779 bits per heavy atom. The Kier molecular flexibility index (Phi) is 74.2. The number of unbranched alkanes of at least 4 members (excludes halogenated alkanes) is 36. The number of carbonyl (C=O) groups excluding carboxylic acids is 4. The van der Waals surface area contributed by atoms with Crippen molar-refractivity contribution in [2.75, 3.05) is 39.6 Å². The van der Waals surface area contributed by atoms with Crippen molar-refractivity contribution >= 4 is 39.5 Å². The van der Waals surface area contributed by atoms with Crippen molar-refractivity contribution < 1.29 is 80.2 Å². The highest BCUT2D eigenvalue weighted by Gasteiger charge is 2.30. The summed E-state index contributed by atoms with van der Waals surface area (Å²) < 4.78 is 68.7. The molecule has 0 aromatic carbocycles. The Morgan fingerprint density at radius 1 is 0.279 bits per heavy atom. The summed E-state index contributed by atoms with van der Waals surface area (Å²) in [6.45, 7) is 4.67. The van der Waals surface area contributed by atoms with Crippen LogP contribution >= 0.6 is 15.6 Å². The van der Waals surface area contributed by atoms with Crippen LogP contribution in [0.25, 0.3) is 0 Å². The van der Waals surface area contributed by atoms with Crippen molar-refractivity contribution in [1.82, 2.24) is 0 Å². The van der Waals surface area contributed by atoms with Crippen LogP contribution in [0.15, 0.2) is 97.2 Å². The fraction of sp³-hybridized carbons (Fsp3) is 0.765. The Labute approximate surface area is 633 Å². The van der Waals surface area contributed by atoms with Gasteiger partial charge in [-0.15, -0.1) is 0 Å². The summed E-state index contributed by atoms with van der Waals surface area (Å²) in [4.78, 5) is 73.1. The molecule has 0 saturated carbocycles. The molecular weight excluding hydrogens is 1350 g/mol. The molecule has 0 saturated heterocycles. The molecule has 0 aromatic heterocycles. The van der Waals surface area contributed by atoms with E-state index in [-0.39, 0.29) is 25.7 Å². The van der Waals surface area contributed by atoms with E-state index in [1.807, 2.05) is 0 Å². The highest BCUT2D eigenvalue weighted by Crippen LogP contribution is 2.45. The maximum absolute atomic E-state index is 13.1. The van der Waals surface area contributed by atoms with E-state index >= 15 is 0 Å². The van der Waals surface area contributed by atoms with Crippen molar-refractivity contribution in [2.24, 2.45) is 0 Å². The van der Waals surface area contributed by atoms with Crippen LogP contribution in [-0.2, 0) is 65.4 Å². The first-order chi connectivity index (χ1) is 50.7. The maximum Gasteiger partial charge on any atom is 0.472 e. The monoisotopic (exact) mass is 1510 g/mol. The lowest BCUT2D eigenvalue weighted by Crippen LogP contribution is -2.30. The number of hydrogen-bond donors (Lipinski definition) is 3. The minimum Gasteiger partial charge on any atom is -0.462 e. The van der Waals surface area contributed by atoms with E-state index in [4.69, 9.17) is 37.0 Å². The quantitative estimate of drug-likeness (QED) is 0.0169. The van der Waals surface area contributed by atoms with Crippen LogP contribution in [-0.4, -0.2) is 96.7 Å². The number of allylic oxidation sites excluding steroid dienone is 16. The van der Waals surface area contributed by atoms with Crippen LogP contribution in [0, 0.1) is 0 Å². The molecule has 0 radical (unpaired) electrons. The largest absolute Gasteiger partial charge is 0.472 e. The van der Waals surface area contributed by atoms with Gasteiger partial charge in [-0.25, -0.2) is 9.13 Å². The van der Waals surface area contributed by atoms with Gasteiger partial charge in [-0.1, -0.05) is 311 Å². The Balaban J connectivity index is 5.36. The Bertz CT molecular complexity index is 2350. The molecule has 104 heavy (non-hydrogen) atoms. The highest BCUT2D eigenvalue weighted by molar-refractivity contribution is 7.47. The predicted molar refractivity (Wildman–Crippen MR) is 427 cm³/mol. The number of rotatable bonds is 78. The molecule has 0 heterocycles. The summed E-state index contributed by atoms with van der Waals surface area (Å²) in [6.07, 6.45) is 82.3. The average molecular weight is 1510 g/mol. The van der Waals surface area contributed by atoms with Gasteiger partial charge in [-0.2, -0.15) is 0 Å². The zero-order valence-corrected chi connectivity index (χ0v) is 67.7. The lowest BCUT2D eigenvalue weighted by molar-refractivity contribution is -0.161. The summed E-state index contributed by atoms with van der Waals surface area (Å²) in [5.74, 6) is -2.19. The van der Waals surface area contributed by atoms with Gasteiger partial charge >= 0.3 is 39.5 Å². The fourth-order valence-electron chi connectivity index (χ4n) is 11.3. The molecule has 17 nitrogen and oxygen atoms in total. The zero-order chi connectivity index (χ0) is 76.0. The van der Waals surface area contributed by atoms with Gasteiger partial charge in [0.1, 0.15) is 19.3 Å². The minimum absolute atomic E-state index is 0.0824. The van der Waals surface area contributed by atoms with Crippen LogP contribution in [0.2, 0.25) is 0 Å². The molecule has 0 spiro atoms. The van der Waals surface area contributed by atoms with E-state index in [0.717, 1.165) is 180 Å². The van der Waals surface area contributed by atoms with Crippen molar-refractivity contribution in [3.05, 3.63) is 97.2 Å². The molecule has 0 aromatic rings. The summed E-state index contributed by atoms with van der Waals surface area (Å²) in [6, 6.07) is 0. The molecule has 5 atom stereocenters. The van der Waals surface area contributed by atoms with E-state index < -0.39 is 97.5 Å². The lowest BCUT2D eigenvalue weighted by atomic mass is 10.0. The van der Waals surface area contributed by atoms with Crippen molar-refractivity contribution in [2.45, 2.75) is 380 Å². The second-order valence-corrected chi connectivity index (χ2v) is 30.6. The third kappa shape index (κ3) is 76.2. The normalized spacial score (nSPS) is 14.3. The second kappa shape index (κ2) is 77.1. The van der Waals surface area contributed by atoms with E-state index in [1.165, 1.54) is 103 Å². The van der Waals surface area contributed by atoms with Gasteiger partial charge in [-0.3, -0.25) is 37.3 Å². The van der Waals surface area contributed by atoms with Gasteiger partial charge in [-0.05, 0) is 122 Å². The summed E-state index contributed by atoms with van der Waals surface area (Å²) in [7, 11) is -9.96. The van der Waals surface area contributed by atoms with Gasteiger partial charge in [0.2, 0.25) is 0 Å². The molecule has 0 amide bonds. The number of phosphoric acid groups is 2. The lowest BCUT2D eigenvalue weighted by Gasteiger charge is -2.21. The molecule has 0 rings (SSSR count). The molecule has 19 heteroatoms. The van der Waals surface area contributed by atoms with Crippen molar-refractivity contribution in [3.8, 4) is 0 Å². The number of hydrogen-bond acceptors (Lipinski definition) is 15. The Morgan fingerprint density at radius 2 is 0.500 bits per heavy atom. The summed E-state index contributed by atoms with van der Waals surface area (Å²) >= 11 is 0. The van der Waals surface area contributed by atoms with Crippen molar-refractivity contribution in [1.29, 1.82) is 0 Å². The summed E-state index contributed by atoms with van der Waals surface area (Å²) in [5.41, 5.74) is 0.